The van der Waals surface area contributed by atoms with Crippen LogP contribution in [0.5, 0.6) is 0 Å². The molecular formula is C15H18N2O2. The van der Waals surface area contributed by atoms with Gasteiger partial charge in [-0.25, -0.2) is 0 Å². The molecule has 100 valence electrons. The van der Waals surface area contributed by atoms with Gasteiger partial charge in [-0.15, -0.1) is 0 Å². The van der Waals surface area contributed by atoms with Crippen LogP contribution in [0.2, 0.25) is 0 Å². The predicted octanol–water partition coefficient (Wildman–Crippen LogP) is 2.04. The SMILES string of the molecule is NC1CCN(CC(=O)c2coc3ccccc23)CC1. The molecule has 0 spiro atoms. The second-order valence-corrected chi connectivity index (χ2v) is 5.18. The summed E-state index contributed by atoms with van der Waals surface area (Å²) in [6, 6.07) is 7.94. The highest BCUT2D eigenvalue weighted by atomic mass is 16.3. The molecule has 0 radical (unpaired) electrons. The molecule has 1 aromatic heterocycles. The van der Waals surface area contributed by atoms with Gasteiger partial charge in [-0.3, -0.25) is 9.69 Å². The number of rotatable bonds is 3. The molecule has 2 heterocycles. The third-order valence-electron chi connectivity index (χ3n) is 3.78. The Morgan fingerprint density at radius 2 is 2.05 bits per heavy atom. The number of ketones is 1. The van der Waals surface area contributed by atoms with Crippen LogP contribution in [0, 0.1) is 0 Å². The number of likely N-dealkylation sites (tertiary alicyclic amines) is 1. The van der Waals surface area contributed by atoms with Crippen molar-refractivity contribution < 1.29 is 9.21 Å². The molecule has 0 aliphatic carbocycles. The number of nitrogens with two attached hydrogens (primary N) is 1. The summed E-state index contributed by atoms with van der Waals surface area (Å²) in [6.45, 7) is 2.27. The van der Waals surface area contributed by atoms with Gasteiger partial charge in [-0.1, -0.05) is 18.2 Å². The van der Waals surface area contributed by atoms with Crippen LogP contribution >= 0.6 is 0 Å². The van der Waals surface area contributed by atoms with Crippen molar-refractivity contribution in [1.82, 2.24) is 4.90 Å². The van der Waals surface area contributed by atoms with Gasteiger partial charge in [0.05, 0.1) is 12.1 Å². The molecule has 0 saturated carbocycles. The highest BCUT2D eigenvalue weighted by Crippen LogP contribution is 2.21. The monoisotopic (exact) mass is 258 g/mol. The molecule has 2 N–H and O–H groups in total. The molecule has 0 unspecified atom stereocenters. The van der Waals surface area contributed by atoms with E-state index in [0.717, 1.165) is 36.9 Å². The molecule has 19 heavy (non-hydrogen) atoms. The second kappa shape index (κ2) is 5.15. The smallest absolute Gasteiger partial charge is 0.180 e. The molecule has 0 amide bonds. The van der Waals surface area contributed by atoms with E-state index in [2.05, 4.69) is 4.90 Å². The Balaban J connectivity index is 1.73. The largest absolute Gasteiger partial charge is 0.464 e. The van der Waals surface area contributed by atoms with Gasteiger partial charge in [0, 0.05) is 24.5 Å². The number of para-hydroxylation sites is 1. The highest BCUT2D eigenvalue weighted by molar-refractivity contribution is 6.08. The summed E-state index contributed by atoms with van der Waals surface area (Å²) in [5, 5.41) is 0.904. The summed E-state index contributed by atoms with van der Waals surface area (Å²) < 4.78 is 5.42. The fourth-order valence-corrected chi connectivity index (χ4v) is 2.59. The van der Waals surface area contributed by atoms with Crippen LogP contribution in [0.1, 0.15) is 23.2 Å². The number of hydrogen-bond acceptors (Lipinski definition) is 4. The molecular weight excluding hydrogens is 240 g/mol. The fraction of sp³-hybridized carbons (Fsp3) is 0.400. The van der Waals surface area contributed by atoms with Gasteiger partial charge in [-0.05, 0) is 18.9 Å². The van der Waals surface area contributed by atoms with Crippen LogP contribution in [-0.4, -0.2) is 36.4 Å². The zero-order valence-corrected chi connectivity index (χ0v) is 10.8. The lowest BCUT2D eigenvalue weighted by atomic mass is 10.0. The van der Waals surface area contributed by atoms with Crippen LogP contribution in [0.15, 0.2) is 34.9 Å². The number of carbonyl (C=O) groups excluding carboxylic acids is 1. The number of nitrogens with zero attached hydrogens (tertiary/aromatic N) is 1. The van der Waals surface area contributed by atoms with E-state index >= 15 is 0 Å². The Hall–Kier alpha value is -1.65. The molecule has 4 nitrogen and oxygen atoms in total. The van der Waals surface area contributed by atoms with Crippen molar-refractivity contribution in [1.29, 1.82) is 0 Å². The first-order valence-corrected chi connectivity index (χ1v) is 6.71. The lowest BCUT2D eigenvalue weighted by Crippen LogP contribution is -2.41. The Bertz CT molecular complexity index is 583. The number of carbonyl (C=O) groups is 1. The lowest BCUT2D eigenvalue weighted by molar-refractivity contribution is 0.0910. The zero-order chi connectivity index (χ0) is 13.2. The molecule has 1 aliphatic rings. The van der Waals surface area contributed by atoms with Crippen LogP contribution in [-0.2, 0) is 0 Å². The van der Waals surface area contributed by atoms with E-state index in [-0.39, 0.29) is 5.78 Å². The fourth-order valence-electron chi connectivity index (χ4n) is 2.59. The average Bonchev–Trinajstić information content (AvgIpc) is 2.85. The molecule has 4 heteroatoms. The van der Waals surface area contributed by atoms with Crippen LogP contribution in [0.25, 0.3) is 11.0 Å². The number of furan rings is 1. The zero-order valence-electron chi connectivity index (χ0n) is 10.8. The van der Waals surface area contributed by atoms with Crippen molar-refractivity contribution in [2.75, 3.05) is 19.6 Å². The van der Waals surface area contributed by atoms with Crippen LogP contribution in [0.3, 0.4) is 0 Å². The Morgan fingerprint density at radius 3 is 2.84 bits per heavy atom. The molecule has 1 aliphatic heterocycles. The third kappa shape index (κ3) is 2.55. The second-order valence-electron chi connectivity index (χ2n) is 5.18. The number of piperidine rings is 1. The predicted molar refractivity (Wildman–Crippen MR) is 74.2 cm³/mol. The van der Waals surface area contributed by atoms with E-state index in [9.17, 15) is 4.79 Å². The number of benzene rings is 1. The molecule has 1 aromatic carbocycles. The van der Waals surface area contributed by atoms with Gasteiger partial charge in [0.25, 0.3) is 0 Å². The van der Waals surface area contributed by atoms with Gasteiger partial charge in [-0.2, -0.15) is 0 Å². The van der Waals surface area contributed by atoms with Gasteiger partial charge < -0.3 is 10.2 Å². The Labute approximate surface area is 112 Å². The molecule has 1 fully saturated rings. The normalized spacial score (nSPS) is 17.9. The molecule has 1 saturated heterocycles. The maximum atomic E-state index is 12.3. The van der Waals surface area contributed by atoms with Crippen LogP contribution in [0.4, 0.5) is 0 Å². The van der Waals surface area contributed by atoms with E-state index < -0.39 is 0 Å². The minimum Gasteiger partial charge on any atom is -0.464 e. The Morgan fingerprint density at radius 1 is 1.32 bits per heavy atom. The van der Waals surface area contributed by atoms with Crippen molar-refractivity contribution in [3.8, 4) is 0 Å². The maximum Gasteiger partial charge on any atom is 0.180 e. The summed E-state index contributed by atoms with van der Waals surface area (Å²) in [5.41, 5.74) is 7.33. The number of fused-ring (bicyclic) bond motifs is 1. The molecule has 3 rings (SSSR count). The van der Waals surface area contributed by atoms with E-state index in [4.69, 9.17) is 10.2 Å². The summed E-state index contributed by atoms with van der Waals surface area (Å²) in [5.74, 6) is 0.125. The summed E-state index contributed by atoms with van der Waals surface area (Å²) in [6.07, 6.45) is 3.52. The van der Waals surface area contributed by atoms with Gasteiger partial charge in [0.15, 0.2) is 5.78 Å². The quantitative estimate of drug-likeness (QED) is 0.856. The number of hydrogen-bond donors (Lipinski definition) is 1. The van der Waals surface area contributed by atoms with Gasteiger partial charge in [0.1, 0.15) is 11.8 Å². The first-order chi connectivity index (χ1) is 9.24. The van der Waals surface area contributed by atoms with E-state index in [1.165, 1.54) is 0 Å². The van der Waals surface area contributed by atoms with E-state index in [1.807, 2.05) is 24.3 Å². The molecule has 2 aromatic rings. The molecule has 0 atom stereocenters. The maximum absolute atomic E-state index is 12.3. The standard InChI is InChI=1S/C15H18N2O2/c16-11-5-7-17(8-6-11)9-14(18)13-10-19-15-4-2-1-3-12(13)15/h1-4,10-11H,5-9,16H2. The first-order valence-electron chi connectivity index (χ1n) is 6.71. The minimum absolute atomic E-state index is 0.125. The topological polar surface area (TPSA) is 59.5 Å². The third-order valence-corrected chi connectivity index (χ3v) is 3.78. The van der Waals surface area contributed by atoms with E-state index in [1.54, 1.807) is 6.26 Å². The molecule has 0 bridgehead atoms. The van der Waals surface area contributed by atoms with Crippen molar-refractivity contribution >= 4 is 16.8 Å². The minimum atomic E-state index is 0.125. The summed E-state index contributed by atoms with van der Waals surface area (Å²) >= 11 is 0. The highest BCUT2D eigenvalue weighted by Gasteiger charge is 2.20. The lowest BCUT2D eigenvalue weighted by Gasteiger charge is -2.29. The van der Waals surface area contributed by atoms with E-state index in [0.29, 0.717) is 18.2 Å². The van der Waals surface area contributed by atoms with Crippen molar-refractivity contribution in [3.63, 3.8) is 0 Å². The Kier molecular flexibility index (Phi) is 3.36. The van der Waals surface area contributed by atoms with Gasteiger partial charge >= 0.3 is 0 Å². The summed E-state index contributed by atoms with van der Waals surface area (Å²) in [7, 11) is 0. The van der Waals surface area contributed by atoms with Crippen molar-refractivity contribution in [3.05, 3.63) is 36.1 Å². The van der Waals surface area contributed by atoms with Crippen molar-refractivity contribution in [2.24, 2.45) is 5.73 Å². The summed E-state index contributed by atoms with van der Waals surface area (Å²) in [4.78, 5) is 14.5. The number of Topliss-reactive ketones (excluding diaryl/α,β-unsaturated/α-hetero) is 1. The van der Waals surface area contributed by atoms with Crippen molar-refractivity contribution in [2.45, 2.75) is 18.9 Å². The first kappa shape index (κ1) is 12.4. The van der Waals surface area contributed by atoms with Gasteiger partial charge in [0.2, 0.25) is 0 Å². The van der Waals surface area contributed by atoms with Crippen LogP contribution < -0.4 is 5.73 Å². The average molecular weight is 258 g/mol.